The third-order valence-corrected chi connectivity index (χ3v) is 5.61. The predicted octanol–water partition coefficient (Wildman–Crippen LogP) is 1.80. The lowest BCUT2D eigenvalue weighted by Gasteiger charge is -2.32. The standard InChI is InChI=1S/C22H39N3O5/c1-15-13-19(28)25(20(15)29)11-7-18(27)24-21(3,4)9-10-22(5,6)30-12-8-17(26)16(2)14-23/h15-16H,7-14,23H2,1-6H3,(H,24,27). The van der Waals surface area contributed by atoms with Crippen molar-refractivity contribution in [1.29, 1.82) is 0 Å². The maximum Gasteiger partial charge on any atom is 0.232 e. The zero-order valence-electron chi connectivity index (χ0n) is 19.4. The summed E-state index contributed by atoms with van der Waals surface area (Å²) in [6, 6.07) is 0. The lowest BCUT2D eigenvalue weighted by atomic mass is 9.91. The summed E-state index contributed by atoms with van der Waals surface area (Å²) < 4.78 is 5.89. The minimum absolute atomic E-state index is 0.0922. The fourth-order valence-electron chi connectivity index (χ4n) is 3.29. The zero-order valence-corrected chi connectivity index (χ0v) is 19.4. The lowest BCUT2D eigenvalue weighted by Crippen LogP contribution is -2.46. The van der Waals surface area contributed by atoms with Crippen molar-refractivity contribution in [3.8, 4) is 0 Å². The molecule has 2 unspecified atom stereocenters. The maximum absolute atomic E-state index is 12.3. The van der Waals surface area contributed by atoms with E-state index in [9.17, 15) is 19.2 Å². The van der Waals surface area contributed by atoms with E-state index in [1.54, 1.807) is 6.92 Å². The van der Waals surface area contributed by atoms with Gasteiger partial charge < -0.3 is 15.8 Å². The second-order valence-electron chi connectivity index (χ2n) is 9.63. The molecular formula is C22H39N3O5. The molecule has 1 heterocycles. The Morgan fingerprint density at radius 3 is 2.37 bits per heavy atom. The van der Waals surface area contributed by atoms with Gasteiger partial charge in [0.2, 0.25) is 17.7 Å². The average molecular weight is 426 g/mol. The van der Waals surface area contributed by atoms with Crippen molar-refractivity contribution in [2.24, 2.45) is 17.6 Å². The average Bonchev–Trinajstić information content (AvgIpc) is 2.89. The third-order valence-electron chi connectivity index (χ3n) is 5.61. The summed E-state index contributed by atoms with van der Waals surface area (Å²) in [4.78, 5) is 49.1. The fourth-order valence-corrected chi connectivity index (χ4v) is 3.29. The van der Waals surface area contributed by atoms with Crippen molar-refractivity contribution in [2.45, 2.75) is 84.8 Å². The van der Waals surface area contributed by atoms with Gasteiger partial charge in [0.05, 0.1) is 12.2 Å². The van der Waals surface area contributed by atoms with Crippen LogP contribution in [0.25, 0.3) is 0 Å². The molecule has 8 nitrogen and oxygen atoms in total. The summed E-state index contributed by atoms with van der Waals surface area (Å²) in [6.07, 6.45) is 2.03. The van der Waals surface area contributed by atoms with Crippen molar-refractivity contribution in [3.63, 3.8) is 0 Å². The first-order valence-corrected chi connectivity index (χ1v) is 10.8. The van der Waals surface area contributed by atoms with Crippen molar-refractivity contribution < 1.29 is 23.9 Å². The maximum atomic E-state index is 12.3. The highest BCUT2D eigenvalue weighted by atomic mass is 16.5. The Bertz CT molecular complexity index is 645. The summed E-state index contributed by atoms with van der Waals surface area (Å²) in [5.74, 6) is -0.957. The Balaban J connectivity index is 2.39. The van der Waals surface area contributed by atoms with Gasteiger partial charge in [-0.1, -0.05) is 13.8 Å². The molecule has 1 rings (SSSR count). The van der Waals surface area contributed by atoms with Gasteiger partial charge in [-0.05, 0) is 40.5 Å². The van der Waals surface area contributed by atoms with Crippen LogP contribution in [0.4, 0.5) is 0 Å². The van der Waals surface area contributed by atoms with E-state index in [-0.39, 0.29) is 54.7 Å². The number of nitrogens with one attached hydrogen (secondary N) is 1. The second kappa shape index (κ2) is 11.0. The monoisotopic (exact) mass is 425 g/mol. The number of nitrogens with zero attached hydrogens (tertiary/aromatic N) is 1. The molecule has 0 saturated carbocycles. The van der Waals surface area contributed by atoms with Crippen molar-refractivity contribution >= 4 is 23.5 Å². The summed E-state index contributed by atoms with van der Waals surface area (Å²) in [6.45, 7) is 12.1. The van der Waals surface area contributed by atoms with Gasteiger partial charge in [0.1, 0.15) is 5.78 Å². The Morgan fingerprint density at radius 1 is 1.20 bits per heavy atom. The van der Waals surface area contributed by atoms with Crippen LogP contribution in [0.5, 0.6) is 0 Å². The molecule has 1 fully saturated rings. The Morgan fingerprint density at radius 2 is 1.83 bits per heavy atom. The van der Waals surface area contributed by atoms with Crippen LogP contribution in [-0.4, -0.2) is 59.2 Å². The highest BCUT2D eigenvalue weighted by Crippen LogP contribution is 2.23. The number of hydrogen-bond donors (Lipinski definition) is 2. The highest BCUT2D eigenvalue weighted by molar-refractivity contribution is 6.03. The SMILES string of the molecule is CC(CN)C(=O)CCOC(C)(C)CCC(C)(C)NC(=O)CCN1C(=O)CC(C)C1=O. The van der Waals surface area contributed by atoms with Crippen LogP contribution in [0.1, 0.15) is 73.6 Å². The zero-order chi connectivity index (χ0) is 23.1. The van der Waals surface area contributed by atoms with Crippen LogP contribution in [0.3, 0.4) is 0 Å². The number of likely N-dealkylation sites (tertiary alicyclic amines) is 1. The second-order valence-corrected chi connectivity index (χ2v) is 9.63. The molecule has 0 radical (unpaired) electrons. The number of ether oxygens (including phenoxy) is 1. The van der Waals surface area contributed by atoms with E-state index in [2.05, 4.69) is 5.32 Å². The fraction of sp³-hybridized carbons (Fsp3) is 0.818. The van der Waals surface area contributed by atoms with Crippen molar-refractivity contribution in [1.82, 2.24) is 10.2 Å². The van der Waals surface area contributed by atoms with Gasteiger partial charge >= 0.3 is 0 Å². The normalized spacial score (nSPS) is 18.6. The molecule has 0 aromatic carbocycles. The molecular weight excluding hydrogens is 386 g/mol. The van der Waals surface area contributed by atoms with E-state index >= 15 is 0 Å². The quantitative estimate of drug-likeness (QED) is 0.434. The topological polar surface area (TPSA) is 119 Å². The van der Waals surface area contributed by atoms with Gasteiger partial charge in [0.15, 0.2) is 0 Å². The van der Waals surface area contributed by atoms with Crippen LogP contribution in [0.2, 0.25) is 0 Å². The highest BCUT2D eigenvalue weighted by Gasteiger charge is 2.35. The van der Waals surface area contributed by atoms with Gasteiger partial charge in [-0.25, -0.2) is 0 Å². The minimum Gasteiger partial charge on any atom is -0.375 e. The van der Waals surface area contributed by atoms with Crippen LogP contribution < -0.4 is 11.1 Å². The molecule has 1 aliphatic heterocycles. The molecule has 0 bridgehead atoms. The molecule has 0 aromatic heterocycles. The number of nitrogens with two attached hydrogens (primary N) is 1. The predicted molar refractivity (Wildman–Crippen MR) is 114 cm³/mol. The third kappa shape index (κ3) is 8.52. The minimum atomic E-state index is -0.464. The number of rotatable bonds is 13. The van der Waals surface area contributed by atoms with E-state index in [1.165, 1.54) is 4.90 Å². The van der Waals surface area contributed by atoms with Gasteiger partial charge in [0.25, 0.3) is 0 Å². The van der Waals surface area contributed by atoms with Gasteiger partial charge in [-0.3, -0.25) is 24.1 Å². The van der Waals surface area contributed by atoms with E-state index in [1.807, 2.05) is 34.6 Å². The first-order valence-electron chi connectivity index (χ1n) is 10.8. The van der Waals surface area contributed by atoms with Crippen LogP contribution in [0.15, 0.2) is 0 Å². The van der Waals surface area contributed by atoms with Crippen LogP contribution in [-0.2, 0) is 23.9 Å². The Hall–Kier alpha value is -1.80. The number of amides is 3. The van der Waals surface area contributed by atoms with Gasteiger partial charge in [0, 0.05) is 49.7 Å². The van der Waals surface area contributed by atoms with Crippen molar-refractivity contribution in [2.75, 3.05) is 19.7 Å². The summed E-state index contributed by atoms with van der Waals surface area (Å²) in [5, 5.41) is 2.98. The van der Waals surface area contributed by atoms with E-state index < -0.39 is 11.1 Å². The lowest BCUT2D eigenvalue weighted by molar-refractivity contribution is -0.139. The molecule has 0 spiro atoms. The van der Waals surface area contributed by atoms with E-state index in [4.69, 9.17) is 10.5 Å². The largest absolute Gasteiger partial charge is 0.375 e. The molecule has 0 aliphatic carbocycles. The molecule has 0 aromatic rings. The number of carbonyl (C=O) groups is 4. The number of imide groups is 1. The first-order chi connectivity index (χ1) is 13.8. The molecule has 1 saturated heterocycles. The summed E-state index contributed by atoms with van der Waals surface area (Å²) >= 11 is 0. The van der Waals surface area contributed by atoms with Crippen LogP contribution in [0, 0.1) is 11.8 Å². The molecule has 2 atom stereocenters. The summed E-state index contributed by atoms with van der Waals surface area (Å²) in [5.41, 5.74) is 4.61. The van der Waals surface area contributed by atoms with E-state index in [0.717, 1.165) is 0 Å². The van der Waals surface area contributed by atoms with Crippen LogP contribution >= 0.6 is 0 Å². The molecule has 8 heteroatoms. The summed E-state index contributed by atoms with van der Waals surface area (Å²) in [7, 11) is 0. The molecule has 3 N–H and O–H groups in total. The molecule has 1 aliphatic rings. The van der Waals surface area contributed by atoms with Gasteiger partial charge in [-0.15, -0.1) is 0 Å². The number of ketones is 1. The molecule has 30 heavy (non-hydrogen) atoms. The first kappa shape index (κ1) is 26.2. The van der Waals surface area contributed by atoms with E-state index in [0.29, 0.717) is 32.4 Å². The smallest absolute Gasteiger partial charge is 0.232 e. The number of hydrogen-bond acceptors (Lipinski definition) is 6. The molecule has 172 valence electrons. The van der Waals surface area contributed by atoms with Crippen molar-refractivity contribution in [3.05, 3.63) is 0 Å². The Kier molecular flexibility index (Phi) is 9.62. The number of carbonyl (C=O) groups excluding carboxylic acids is 4. The Labute approximate surface area is 180 Å². The van der Waals surface area contributed by atoms with Gasteiger partial charge in [-0.2, -0.15) is 0 Å². The molecule has 3 amide bonds. The number of Topliss-reactive ketones (excluding diaryl/α,β-unsaturated/α-hetero) is 1.